The molecule has 136 valence electrons. The number of nitrogens with one attached hydrogen (secondary N) is 2. The number of rotatable bonds is 8. The molecule has 2 amide bonds. The van der Waals surface area contributed by atoms with E-state index >= 15 is 0 Å². The van der Waals surface area contributed by atoms with Crippen molar-refractivity contribution in [2.24, 2.45) is 0 Å². The maximum atomic E-state index is 12.0. The smallest absolute Gasteiger partial charge is 0.262 e. The summed E-state index contributed by atoms with van der Waals surface area (Å²) in [5.74, 6) is -0.428. The van der Waals surface area contributed by atoms with Crippen molar-refractivity contribution >= 4 is 23.6 Å². The minimum atomic E-state index is -0.506. The molecule has 2 aromatic carbocycles. The van der Waals surface area contributed by atoms with E-state index in [1.807, 2.05) is 24.3 Å². The lowest BCUT2D eigenvalue weighted by atomic mass is 10.1. The van der Waals surface area contributed by atoms with Crippen LogP contribution < -0.4 is 15.4 Å². The zero-order valence-electron chi connectivity index (χ0n) is 14.6. The molecule has 27 heavy (non-hydrogen) atoms. The monoisotopic (exact) mass is 361 g/mol. The van der Waals surface area contributed by atoms with E-state index in [0.717, 1.165) is 0 Å². The molecule has 0 aliphatic carbocycles. The Bertz CT molecular complexity index is 883. The molecule has 0 spiro atoms. The van der Waals surface area contributed by atoms with E-state index in [9.17, 15) is 14.9 Å². The third-order valence-corrected chi connectivity index (χ3v) is 3.41. The van der Waals surface area contributed by atoms with Gasteiger partial charge in [-0.2, -0.15) is 5.26 Å². The summed E-state index contributed by atoms with van der Waals surface area (Å²) in [5.41, 5.74) is 1.13. The van der Waals surface area contributed by atoms with Crippen molar-refractivity contribution < 1.29 is 14.3 Å². The van der Waals surface area contributed by atoms with Gasteiger partial charge in [0.2, 0.25) is 0 Å². The Kier molecular flexibility index (Phi) is 7.37. The SMILES string of the molecule is C=CCNC(=O)C(C#N)=Cc1ccccc1OCC(=O)Nc1ccccc1. The maximum Gasteiger partial charge on any atom is 0.262 e. The highest BCUT2D eigenvalue weighted by atomic mass is 16.5. The predicted molar refractivity (Wildman–Crippen MR) is 104 cm³/mol. The van der Waals surface area contributed by atoms with Crippen LogP contribution in [0.2, 0.25) is 0 Å². The van der Waals surface area contributed by atoms with Crippen molar-refractivity contribution in [1.82, 2.24) is 5.32 Å². The molecule has 0 unspecified atom stereocenters. The number of carbonyl (C=O) groups excluding carboxylic acids is 2. The van der Waals surface area contributed by atoms with E-state index in [-0.39, 0.29) is 24.6 Å². The molecule has 0 aliphatic heterocycles. The number of nitrogens with zero attached hydrogens (tertiary/aromatic N) is 1. The lowest BCUT2D eigenvalue weighted by molar-refractivity contribution is -0.118. The third-order valence-electron chi connectivity index (χ3n) is 3.41. The van der Waals surface area contributed by atoms with E-state index < -0.39 is 5.91 Å². The number of para-hydroxylation sites is 2. The summed E-state index contributed by atoms with van der Waals surface area (Å²) in [4.78, 5) is 24.0. The lowest BCUT2D eigenvalue weighted by Crippen LogP contribution is -2.24. The second-order valence-corrected chi connectivity index (χ2v) is 5.41. The van der Waals surface area contributed by atoms with E-state index in [0.29, 0.717) is 17.0 Å². The molecule has 6 nitrogen and oxygen atoms in total. The molecule has 0 aliphatic rings. The molecule has 2 rings (SSSR count). The van der Waals surface area contributed by atoms with Gasteiger partial charge in [-0.1, -0.05) is 42.5 Å². The molecule has 0 fully saturated rings. The average Bonchev–Trinajstić information content (AvgIpc) is 2.70. The first kappa shape index (κ1) is 19.5. The van der Waals surface area contributed by atoms with Crippen molar-refractivity contribution in [1.29, 1.82) is 5.26 Å². The lowest BCUT2D eigenvalue weighted by Gasteiger charge is -2.10. The van der Waals surface area contributed by atoms with Gasteiger partial charge < -0.3 is 15.4 Å². The molecule has 0 saturated carbocycles. The standard InChI is InChI=1S/C21H19N3O3/c1-2-12-23-21(26)17(14-22)13-16-8-6-7-11-19(16)27-15-20(25)24-18-9-4-3-5-10-18/h2-11,13H,1,12,15H2,(H,23,26)(H,24,25). The van der Waals surface area contributed by atoms with Crippen molar-refractivity contribution in [3.63, 3.8) is 0 Å². The predicted octanol–water partition coefficient (Wildman–Crippen LogP) is 2.91. The Morgan fingerprint density at radius 3 is 2.52 bits per heavy atom. The number of hydrogen-bond donors (Lipinski definition) is 2. The van der Waals surface area contributed by atoms with Gasteiger partial charge in [0, 0.05) is 17.8 Å². The molecule has 0 saturated heterocycles. The Morgan fingerprint density at radius 2 is 1.81 bits per heavy atom. The molecule has 0 aromatic heterocycles. The molecule has 0 heterocycles. The van der Waals surface area contributed by atoms with Gasteiger partial charge in [0.05, 0.1) is 0 Å². The van der Waals surface area contributed by atoms with Crippen LogP contribution in [-0.2, 0) is 9.59 Å². The second-order valence-electron chi connectivity index (χ2n) is 5.41. The number of carbonyl (C=O) groups is 2. The molecular formula is C21H19N3O3. The van der Waals surface area contributed by atoms with Gasteiger partial charge in [0.25, 0.3) is 11.8 Å². The van der Waals surface area contributed by atoms with Crippen molar-refractivity contribution in [3.8, 4) is 11.8 Å². The topological polar surface area (TPSA) is 91.2 Å². The van der Waals surface area contributed by atoms with Gasteiger partial charge in [0.15, 0.2) is 6.61 Å². The van der Waals surface area contributed by atoms with Crippen LogP contribution >= 0.6 is 0 Å². The van der Waals surface area contributed by atoms with Gasteiger partial charge in [-0.25, -0.2) is 0 Å². The van der Waals surface area contributed by atoms with Crippen LogP contribution in [-0.4, -0.2) is 25.0 Å². The number of amides is 2. The number of benzene rings is 2. The fourth-order valence-corrected chi connectivity index (χ4v) is 2.16. The van der Waals surface area contributed by atoms with Crippen LogP contribution in [0.1, 0.15) is 5.56 Å². The van der Waals surface area contributed by atoms with Gasteiger partial charge in [0.1, 0.15) is 17.4 Å². The average molecular weight is 361 g/mol. The Balaban J connectivity index is 2.07. The van der Waals surface area contributed by atoms with Gasteiger partial charge in [-0.15, -0.1) is 6.58 Å². The van der Waals surface area contributed by atoms with Crippen LogP contribution in [0.25, 0.3) is 6.08 Å². The van der Waals surface area contributed by atoms with E-state index in [1.165, 1.54) is 12.2 Å². The van der Waals surface area contributed by atoms with E-state index in [4.69, 9.17) is 4.74 Å². The molecule has 6 heteroatoms. The Labute approximate surface area is 157 Å². The second kappa shape index (κ2) is 10.2. The van der Waals surface area contributed by atoms with E-state index in [1.54, 1.807) is 36.4 Å². The zero-order valence-corrected chi connectivity index (χ0v) is 14.6. The summed E-state index contributed by atoms with van der Waals surface area (Å²) >= 11 is 0. The first-order valence-electron chi connectivity index (χ1n) is 8.21. The van der Waals surface area contributed by atoms with Crippen LogP contribution in [0.3, 0.4) is 0 Å². The largest absolute Gasteiger partial charge is 0.483 e. The first-order valence-corrected chi connectivity index (χ1v) is 8.21. The van der Waals surface area contributed by atoms with Crippen LogP contribution in [0, 0.1) is 11.3 Å². The molecule has 0 bridgehead atoms. The van der Waals surface area contributed by atoms with Crippen LogP contribution in [0.4, 0.5) is 5.69 Å². The molecular weight excluding hydrogens is 342 g/mol. The molecule has 0 radical (unpaired) electrons. The summed E-state index contributed by atoms with van der Waals surface area (Å²) in [6.07, 6.45) is 2.94. The Morgan fingerprint density at radius 1 is 1.11 bits per heavy atom. The van der Waals surface area contributed by atoms with Gasteiger partial charge >= 0.3 is 0 Å². The molecule has 2 N–H and O–H groups in total. The highest BCUT2D eigenvalue weighted by Crippen LogP contribution is 2.21. The third kappa shape index (κ3) is 6.18. The van der Waals surface area contributed by atoms with E-state index in [2.05, 4.69) is 17.2 Å². The molecule has 2 aromatic rings. The number of nitriles is 1. The quantitative estimate of drug-likeness (QED) is 0.430. The zero-order chi connectivity index (χ0) is 19.5. The van der Waals surface area contributed by atoms with Gasteiger partial charge in [-0.05, 0) is 24.3 Å². The summed E-state index contributed by atoms with van der Waals surface area (Å²) in [7, 11) is 0. The minimum absolute atomic E-state index is 0.0679. The summed E-state index contributed by atoms with van der Waals surface area (Å²) in [6, 6.07) is 17.8. The first-order chi connectivity index (χ1) is 13.1. The highest BCUT2D eigenvalue weighted by Gasteiger charge is 2.11. The number of ether oxygens (including phenoxy) is 1. The number of hydrogen-bond acceptors (Lipinski definition) is 4. The molecule has 0 atom stereocenters. The van der Waals surface area contributed by atoms with Crippen LogP contribution in [0.5, 0.6) is 5.75 Å². The highest BCUT2D eigenvalue weighted by molar-refractivity contribution is 6.02. The van der Waals surface area contributed by atoms with Gasteiger partial charge in [-0.3, -0.25) is 9.59 Å². The normalized spacial score (nSPS) is 10.4. The summed E-state index contributed by atoms with van der Waals surface area (Å²) in [6.45, 7) is 3.57. The fraction of sp³-hybridized carbons (Fsp3) is 0.0952. The summed E-state index contributed by atoms with van der Waals surface area (Å²) < 4.78 is 5.56. The minimum Gasteiger partial charge on any atom is -0.483 e. The summed E-state index contributed by atoms with van der Waals surface area (Å²) in [5, 5.41) is 14.5. The van der Waals surface area contributed by atoms with Crippen molar-refractivity contribution in [3.05, 3.63) is 78.4 Å². The van der Waals surface area contributed by atoms with Crippen LogP contribution in [0.15, 0.2) is 72.8 Å². The maximum absolute atomic E-state index is 12.0. The van der Waals surface area contributed by atoms with Crippen molar-refractivity contribution in [2.75, 3.05) is 18.5 Å². The Hall–Kier alpha value is -3.85. The van der Waals surface area contributed by atoms with Crippen molar-refractivity contribution in [2.45, 2.75) is 0 Å². The number of anilines is 1. The fourth-order valence-electron chi connectivity index (χ4n) is 2.16.